The number of aliphatic imine (C=N–C) groups is 1. The van der Waals surface area contributed by atoms with Gasteiger partial charge in [0.25, 0.3) is 5.91 Å². The number of amidine groups is 1. The van der Waals surface area contributed by atoms with Crippen LogP contribution in [0.1, 0.15) is 35.7 Å². The Hall–Kier alpha value is -3.06. The van der Waals surface area contributed by atoms with Crippen LogP contribution in [0, 0.1) is 0 Å². The molecule has 2 aromatic carbocycles. The van der Waals surface area contributed by atoms with Gasteiger partial charge in [-0.2, -0.15) is 0 Å². The molecule has 1 saturated heterocycles. The van der Waals surface area contributed by atoms with Crippen LogP contribution in [0.4, 0.5) is 5.69 Å². The van der Waals surface area contributed by atoms with Crippen LogP contribution in [0.5, 0.6) is 5.75 Å². The van der Waals surface area contributed by atoms with Crippen LogP contribution in [0.2, 0.25) is 0 Å². The number of hydrogen-bond donors (Lipinski definition) is 2. The van der Waals surface area contributed by atoms with Crippen LogP contribution in [0.15, 0.2) is 58.4 Å². The zero-order valence-electron chi connectivity index (χ0n) is 15.3. The summed E-state index contributed by atoms with van der Waals surface area (Å²) in [5.74, 6) is -0.539. The largest absolute Gasteiger partial charge is 0.493 e. The minimum atomic E-state index is -1.02. The molecule has 0 aromatic heterocycles. The highest BCUT2D eigenvalue weighted by Gasteiger charge is 2.24. The molecule has 0 radical (unpaired) electrons. The van der Waals surface area contributed by atoms with E-state index < -0.39 is 5.97 Å². The number of carbonyl (C=O) groups excluding carboxylic acids is 1. The normalized spacial score (nSPS) is 16.4. The number of aromatic carboxylic acids is 1. The highest BCUT2D eigenvalue weighted by Crippen LogP contribution is 2.30. The van der Waals surface area contributed by atoms with Crippen molar-refractivity contribution in [2.75, 3.05) is 6.61 Å². The van der Waals surface area contributed by atoms with E-state index in [-0.39, 0.29) is 11.5 Å². The Balaban J connectivity index is 1.80. The van der Waals surface area contributed by atoms with Crippen molar-refractivity contribution in [3.05, 3.63) is 64.6 Å². The lowest BCUT2D eigenvalue weighted by Gasteiger charge is -2.08. The molecule has 1 fully saturated rings. The van der Waals surface area contributed by atoms with Crippen molar-refractivity contribution in [1.29, 1.82) is 0 Å². The van der Waals surface area contributed by atoms with Gasteiger partial charge in [-0.3, -0.25) is 4.79 Å². The molecule has 0 aliphatic carbocycles. The molecule has 0 saturated carbocycles. The van der Waals surface area contributed by atoms with Crippen molar-refractivity contribution >= 4 is 40.6 Å². The number of ether oxygens (including phenoxy) is 1. The van der Waals surface area contributed by atoms with Crippen LogP contribution in [0.3, 0.4) is 0 Å². The lowest BCUT2D eigenvalue weighted by atomic mass is 10.2. The number of benzene rings is 2. The molecule has 28 heavy (non-hydrogen) atoms. The summed E-state index contributed by atoms with van der Waals surface area (Å²) in [4.78, 5) is 28.2. The molecule has 1 aliphatic heterocycles. The van der Waals surface area contributed by atoms with E-state index in [1.165, 1.54) is 23.9 Å². The van der Waals surface area contributed by atoms with E-state index in [1.807, 2.05) is 24.3 Å². The third kappa shape index (κ3) is 5.01. The summed E-state index contributed by atoms with van der Waals surface area (Å²) in [6.45, 7) is 2.73. The van der Waals surface area contributed by atoms with Crippen molar-refractivity contribution in [2.45, 2.75) is 19.8 Å². The number of nitrogens with one attached hydrogen (secondary N) is 1. The van der Waals surface area contributed by atoms with E-state index >= 15 is 0 Å². The third-order valence-corrected chi connectivity index (χ3v) is 4.85. The molecule has 0 spiro atoms. The molecule has 144 valence electrons. The predicted molar refractivity (Wildman–Crippen MR) is 111 cm³/mol. The minimum Gasteiger partial charge on any atom is -0.493 e. The zero-order chi connectivity index (χ0) is 19.9. The maximum absolute atomic E-state index is 12.3. The number of nitrogens with zero attached hydrogens (tertiary/aromatic N) is 1. The van der Waals surface area contributed by atoms with Gasteiger partial charge < -0.3 is 15.2 Å². The van der Waals surface area contributed by atoms with Gasteiger partial charge in [-0.25, -0.2) is 9.79 Å². The average molecular weight is 396 g/mol. The summed E-state index contributed by atoms with van der Waals surface area (Å²) < 4.78 is 5.81. The predicted octanol–water partition coefficient (Wildman–Crippen LogP) is 4.46. The number of para-hydroxylation sites is 1. The maximum Gasteiger partial charge on any atom is 0.335 e. The number of thioether (sulfide) groups is 1. The number of carbonyl (C=O) groups is 2. The van der Waals surface area contributed by atoms with Crippen LogP contribution in [0.25, 0.3) is 6.08 Å². The quantitative estimate of drug-likeness (QED) is 0.533. The van der Waals surface area contributed by atoms with Crippen molar-refractivity contribution in [1.82, 2.24) is 5.32 Å². The van der Waals surface area contributed by atoms with Gasteiger partial charge in [0, 0.05) is 5.56 Å². The second-order valence-electron chi connectivity index (χ2n) is 6.08. The van der Waals surface area contributed by atoms with Gasteiger partial charge in [-0.05, 0) is 48.5 Å². The molecule has 1 amide bonds. The lowest BCUT2D eigenvalue weighted by Crippen LogP contribution is -2.19. The fourth-order valence-electron chi connectivity index (χ4n) is 2.51. The van der Waals surface area contributed by atoms with Crippen molar-refractivity contribution in [3.8, 4) is 5.75 Å². The molecule has 2 N–H and O–H groups in total. The van der Waals surface area contributed by atoms with Gasteiger partial charge in [-0.1, -0.05) is 37.6 Å². The monoisotopic (exact) mass is 396 g/mol. The Morgan fingerprint density at radius 1 is 1.25 bits per heavy atom. The topological polar surface area (TPSA) is 88.0 Å². The Morgan fingerprint density at radius 2 is 2.07 bits per heavy atom. The van der Waals surface area contributed by atoms with Crippen molar-refractivity contribution in [3.63, 3.8) is 0 Å². The molecule has 1 aliphatic rings. The van der Waals surface area contributed by atoms with Gasteiger partial charge in [0.05, 0.1) is 22.8 Å². The van der Waals surface area contributed by atoms with Crippen molar-refractivity contribution in [2.24, 2.45) is 4.99 Å². The molecule has 3 rings (SSSR count). The van der Waals surface area contributed by atoms with E-state index in [9.17, 15) is 9.59 Å². The molecule has 7 heteroatoms. The summed E-state index contributed by atoms with van der Waals surface area (Å²) in [7, 11) is 0. The number of rotatable bonds is 7. The van der Waals surface area contributed by atoms with Gasteiger partial charge in [0.15, 0.2) is 5.17 Å². The first-order chi connectivity index (χ1) is 13.6. The Labute approximate surface area is 167 Å². The van der Waals surface area contributed by atoms with Crippen LogP contribution in [-0.4, -0.2) is 28.8 Å². The summed E-state index contributed by atoms with van der Waals surface area (Å²) >= 11 is 1.21. The van der Waals surface area contributed by atoms with Crippen molar-refractivity contribution < 1.29 is 19.4 Å². The first kappa shape index (κ1) is 19.7. The maximum atomic E-state index is 12.3. The first-order valence-corrected chi connectivity index (χ1v) is 9.73. The molecule has 2 aromatic rings. The zero-order valence-corrected chi connectivity index (χ0v) is 16.2. The molecular weight excluding hydrogens is 376 g/mol. The Kier molecular flexibility index (Phi) is 6.49. The van der Waals surface area contributed by atoms with Crippen LogP contribution >= 0.6 is 11.8 Å². The Morgan fingerprint density at radius 3 is 2.86 bits per heavy atom. The second-order valence-corrected chi connectivity index (χ2v) is 7.11. The molecule has 6 nitrogen and oxygen atoms in total. The van der Waals surface area contributed by atoms with E-state index in [0.717, 1.165) is 24.2 Å². The van der Waals surface area contributed by atoms with Crippen LogP contribution in [-0.2, 0) is 4.79 Å². The number of carboxylic acid groups (broad SMARTS) is 1. The van der Waals surface area contributed by atoms with E-state index in [4.69, 9.17) is 9.84 Å². The SMILES string of the molecule is CCCCOc1ccccc1C=C1SC(=Nc2cccc(C(=O)O)c2)NC1=O. The third-order valence-electron chi connectivity index (χ3n) is 3.94. The molecular formula is C21H20N2O4S. The summed E-state index contributed by atoms with van der Waals surface area (Å²) in [5, 5.41) is 12.2. The second kappa shape index (κ2) is 9.23. The fourth-order valence-corrected chi connectivity index (χ4v) is 3.34. The molecule has 0 bridgehead atoms. The van der Waals surface area contributed by atoms with Crippen LogP contribution < -0.4 is 10.1 Å². The number of amides is 1. The van der Waals surface area contributed by atoms with Gasteiger partial charge in [-0.15, -0.1) is 0 Å². The summed E-state index contributed by atoms with van der Waals surface area (Å²) in [6, 6.07) is 13.8. The number of hydrogen-bond acceptors (Lipinski definition) is 5. The average Bonchev–Trinajstić information content (AvgIpc) is 3.02. The lowest BCUT2D eigenvalue weighted by molar-refractivity contribution is -0.115. The van der Waals surface area contributed by atoms with Gasteiger partial charge >= 0.3 is 5.97 Å². The molecule has 0 unspecified atom stereocenters. The minimum absolute atomic E-state index is 0.144. The highest BCUT2D eigenvalue weighted by molar-refractivity contribution is 8.18. The smallest absolute Gasteiger partial charge is 0.335 e. The van der Waals surface area contributed by atoms with E-state index in [1.54, 1.807) is 18.2 Å². The van der Waals surface area contributed by atoms with Gasteiger partial charge in [0.1, 0.15) is 5.75 Å². The van der Waals surface area contributed by atoms with E-state index in [0.29, 0.717) is 22.4 Å². The Bertz CT molecular complexity index is 953. The summed E-state index contributed by atoms with van der Waals surface area (Å²) in [5.41, 5.74) is 1.43. The summed E-state index contributed by atoms with van der Waals surface area (Å²) in [6.07, 6.45) is 3.79. The number of unbranched alkanes of at least 4 members (excludes halogenated alkanes) is 1. The standard InChI is InChI=1S/C21H20N2O4S/c1-2-3-11-27-17-10-5-4-7-14(17)13-18-19(24)23-21(28-18)22-16-9-6-8-15(12-16)20(25)26/h4-10,12-13H,2-3,11H2,1H3,(H,25,26)(H,22,23,24). The fraction of sp³-hybridized carbons (Fsp3) is 0.190. The van der Waals surface area contributed by atoms with Gasteiger partial charge in [0.2, 0.25) is 0 Å². The molecule has 1 heterocycles. The number of carboxylic acids is 1. The molecule has 0 atom stereocenters. The first-order valence-electron chi connectivity index (χ1n) is 8.91. The van der Waals surface area contributed by atoms with E-state index in [2.05, 4.69) is 17.2 Å². The highest BCUT2D eigenvalue weighted by atomic mass is 32.2.